The van der Waals surface area contributed by atoms with Crippen molar-refractivity contribution < 1.29 is 4.39 Å². The lowest BCUT2D eigenvalue weighted by Gasteiger charge is -2.06. The summed E-state index contributed by atoms with van der Waals surface area (Å²) < 4.78 is 15.4. The number of hydrogen-bond donors (Lipinski definition) is 0. The maximum atomic E-state index is 13.6. The first kappa shape index (κ1) is 16.9. The molecule has 0 saturated carbocycles. The van der Waals surface area contributed by atoms with Crippen LogP contribution in [0.3, 0.4) is 0 Å². The lowest BCUT2D eigenvalue weighted by Crippen LogP contribution is -2.01. The van der Waals surface area contributed by atoms with Gasteiger partial charge in [0.1, 0.15) is 11.6 Å². The fourth-order valence-electron chi connectivity index (χ4n) is 2.65. The third-order valence-corrected chi connectivity index (χ3v) is 3.74. The number of halogens is 2. The Morgan fingerprint density at radius 3 is 2.32 bits per heavy atom. The predicted octanol–water partition coefficient (Wildman–Crippen LogP) is 5.15. The van der Waals surface area contributed by atoms with Gasteiger partial charge in [-0.15, -0.1) is 12.4 Å². The van der Waals surface area contributed by atoms with E-state index in [1.165, 1.54) is 6.07 Å². The van der Waals surface area contributed by atoms with Gasteiger partial charge < -0.3 is 0 Å². The van der Waals surface area contributed by atoms with E-state index in [0.717, 1.165) is 16.6 Å². The summed E-state index contributed by atoms with van der Waals surface area (Å²) in [6, 6.07) is 22.5. The van der Waals surface area contributed by atoms with Crippen LogP contribution in [0.5, 0.6) is 0 Å². The zero-order chi connectivity index (χ0) is 16.4. The minimum Gasteiger partial charge on any atom is -0.277 e. The van der Waals surface area contributed by atoms with Crippen LogP contribution in [0.4, 0.5) is 4.39 Å². The van der Waals surface area contributed by atoms with Crippen molar-refractivity contribution in [3.8, 4) is 5.82 Å². The van der Waals surface area contributed by atoms with E-state index in [2.05, 4.69) is 9.97 Å². The molecule has 0 aliphatic rings. The second-order valence-corrected chi connectivity index (χ2v) is 5.36. The molecule has 5 heteroatoms. The third kappa shape index (κ3) is 3.44. The molecule has 0 saturated heterocycles. The summed E-state index contributed by atoms with van der Waals surface area (Å²) in [6.45, 7) is 0. The Morgan fingerprint density at radius 1 is 0.760 bits per heavy atom. The molecular weight excluding hydrogens is 337 g/mol. The molecular formula is C20H15ClFN3. The number of nitrogens with zero attached hydrogens (tertiary/aromatic N) is 3. The van der Waals surface area contributed by atoms with E-state index < -0.39 is 5.95 Å². The maximum Gasteiger partial charge on any atom is 0.214 e. The molecule has 2 aromatic carbocycles. The van der Waals surface area contributed by atoms with Crippen LogP contribution < -0.4 is 0 Å². The molecule has 0 fully saturated rings. The minimum absolute atomic E-state index is 0. The van der Waals surface area contributed by atoms with Crippen molar-refractivity contribution in [2.45, 2.75) is 0 Å². The van der Waals surface area contributed by atoms with Gasteiger partial charge in [-0.25, -0.2) is 9.97 Å². The Hall–Kier alpha value is -2.98. The molecule has 3 nitrogen and oxygen atoms in total. The van der Waals surface area contributed by atoms with E-state index in [1.807, 2.05) is 71.3 Å². The van der Waals surface area contributed by atoms with Crippen LogP contribution in [-0.2, 0) is 0 Å². The fourth-order valence-corrected chi connectivity index (χ4v) is 2.65. The first-order valence-electron chi connectivity index (χ1n) is 7.65. The number of fused-ring (bicyclic) bond motifs is 1. The van der Waals surface area contributed by atoms with Gasteiger partial charge in [0.05, 0.1) is 11.0 Å². The summed E-state index contributed by atoms with van der Waals surface area (Å²) in [7, 11) is 0. The second-order valence-electron chi connectivity index (χ2n) is 5.36. The molecule has 0 spiro atoms. The van der Waals surface area contributed by atoms with Crippen LogP contribution in [0.2, 0.25) is 0 Å². The molecule has 2 heterocycles. The molecule has 124 valence electrons. The normalized spacial score (nSPS) is 10.9. The molecule has 4 rings (SSSR count). The van der Waals surface area contributed by atoms with Gasteiger partial charge in [-0.1, -0.05) is 54.6 Å². The van der Waals surface area contributed by atoms with Gasteiger partial charge in [0, 0.05) is 0 Å². The highest BCUT2D eigenvalue weighted by molar-refractivity contribution is 5.85. The number of imidazole rings is 1. The van der Waals surface area contributed by atoms with Crippen molar-refractivity contribution in [3.05, 3.63) is 90.1 Å². The number of benzene rings is 2. The van der Waals surface area contributed by atoms with Crippen LogP contribution in [0, 0.1) is 5.95 Å². The van der Waals surface area contributed by atoms with Crippen molar-refractivity contribution in [1.29, 1.82) is 0 Å². The van der Waals surface area contributed by atoms with Gasteiger partial charge in [-0.05, 0) is 35.9 Å². The van der Waals surface area contributed by atoms with Crippen LogP contribution >= 0.6 is 12.4 Å². The molecule has 0 aliphatic heterocycles. The SMILES string of the molecule is Cl.Fc1cccc(-n2c(C=Cc3ccccc3)nc3ccccc32)n1. The summed E-state index contributed by atoms with van der Waals surface area (Å²) in [4.78, 5) is 8.65. The predicted molar refractivity (Wildman–Crippen MR) is 101 cm³/mol. The molecule has 0 aliphatic carbocycles. The Bertz CT molecular complexity index is 1030. The van der Waals surface area contributed by atoms with E-state index in [0.29, 0.717) is 11.6 Å². The quantitative estimate of drug-likeness (QED) is 0.478. The summed E-state index contributed by atoms with van der Waals surface area (Å²) in [5.74, 6) is 0.706. The smallest absolute Gasteiger partial charge is 0.214 e. The largest absolute Gasteiger partial charge is 0.277 e. The van der Waals surface area contributed by atoms with Crippen LogP contribution in [0.15, 0.2) is 72.8 Å². The highest BCUT2D eigenvalue weighted by Gasteiger charge is 2.11. The van der Waals surface area contributed by atoms with Crippen LogP contribution in [-0.4, -0.2) is 14.5 Å². The van der Waals surface area contributed by atoms with Crippen LogP contribution in [0.1, 0.15) is 11.4 Å². The van der Waals surface area contributed by atoms with Crippen LogP contribution in [0.25, 0.3) is 29.0 Å². The molecule has 4 aromatic rings. The van der Waals surface area contributed by atoms with Gasteiger partial charge in [0.25, 0.3) is 0 Å². The summed E-state index contributed by atoms with van der Waals surface area (Å²) in [5, 5.41) is 0. The molecule has 0 bridgehead atoms. The van der Waals surface area contributed by atoms with Crippen molar-refractivity contribution in [1.82, 2.24) is 14.5 Å². The van der Waals surface area contributed by atoms with E-state index in [-0.39, 0.29) is 12.4 Å². The van der Waals surface area contributed by atoms with Gasteiger partial charge in [-0.2, -0.15) is 4.39 Å². The zero-order valence-electron chi connectivity index (χ0n) is 13.2. The summed E-state index contributed by atoms with van der Waals surface area (Å²) in [6.07, 6.45) is 3.90. The van der Waals surface area contributed by atoms with Gasteiger partial charge in [-0.3, -0.25) is 4.57 Å². The van der Waals surface area contributed by atoms with Crippen molar-refractivity contribution in [2.24, 2.45) is 0 Å². The highest BCUT2D eigenvalue weighted by Crippen LogP contribution is 2.22. The number of para-hydroxylation sites is 2. The highest BCUT2D eigenvalue weighted by atomic mass is 35.5. The van der Waals surface area contributed by atoms with Crippen molar-refractivity contribution in [2.75, 3.05) is 0 Å². The fraction of sp³-hybridized carbons (Fsp3) is 0. The third-order valence-electron chi connectivity index (χ3n) is 3.74. The standard InChI is InChI=1S/C20H14FN3.ClH/c21-18-11-6-12-19(23-18)24-17-10-5-4-9-16(17)22-20(24)14-13-15-7-2-1-3-8-15;/h1-14H;1H. The van der Waals surface area contributed by atoms with E-state index in [9.17, 15) is 4.39 Å². The molecule has 0 radical (unpaired) electrons. The molecule has 2 aromatic heterocycles. The molecule has 0 N–H and O–H groups in total. The Labute approximate surface area is 150 Å². The Morgan fingerprint density at radius 2 is 1.52 bits per heavy atom. The van der Waals surface area contributed by atoms with Crippen molar-refractivity contribution >= 4 is 35.6 Å². The zero-order valence-corrected chi connectivity index (χ0v) is 14.0. The number of pyridine rings is 1. The molecule has 0 unspecified atom stereocenters. The van der Waals surface area contributed by atoms with Gasteiger partial charge in [0.15, 0.2) is 0 Å². The summed E-state index contributed by atoms with van der Waals surface area (Å²) in [5.41, 5.74) is 2.81. The van der Waals surface area contributed by atoms with Gasteiger partial charge in [0.2, 0.25) is 5.95 Å². The molecule has 25 heavy (non-hydrogen) atoms. The molecule has 0 amide bonds. The summed E-state index contributed by atoms with van der Waals surface area (Å²) >= 11 is 0. The average molecular weight is 352 g/mol. The Balaban J connectivity index is 0.00000182. The number of rotatable bonds is 3. The Kier molecular flexibility index (Phi) is 4.91. The van der Waals surface area contributed by atoms with Crippen molar-refractivity contribution in [3.63, 3.8) is 0 Å². The second kappa shape index (κ2) is 7.28. The average Bonchev–Trinajstić information content (AvgIpc) is 2.99. The number of hydrogen-bond acceptors (Lipinski definition) is 2. The molecule has 0 atom stereocenters. The van der Waals surface area contributed by atoms with E-state index in [4.69, 9.17) is 0 Å². The van der Waals surface area contributed by atoms with Gasteiger partial charge >= 0.3 is 0 Å². The van der Waals surface area contributed by atoms with E-state index >= 15 is 0 Å². The first-order valence-corrected chi connectivity index (χ1v) is 7.65. The lowest BCUT2D eigenvalue weighted by molar-refractivity contribution is 0.580. The van der Waals surface area contributed by atoms with E-state index in [1.54, 1.807) is 12.1 Å². The lowest BCUT2D eigenvalue weighted by atomic mass is 10.2. The topological polar surface area (TPSA) is 30.7 Å². The first-order chi connectivity index (χ1) is 11.8. The minimum atomic E-state index is -0.511. The maximum absolute atomic E-state index is 13.6. The number of aromatic nitrogens is 3. The monoisotopic (exact) mass is 351 g/mol.